The van der Waals surface area contributed by atoms with E-state index >= 15 is 0 Å². The first kappa shape index (κ1) is 8.87. The lowest BCUT2D eigenvalue weighted by atomic mass is 10.2. The number of hydrogen-bond donors (Lipinski definition) is 2. The fourth-order valence-electron chi connectivity index (χ4n) is 0.957. The molecule has 0 aliphatic rings. The molecule has 0 saturated carbocycles. The molecule has 0 aliphatic carbocycles. The summed E-state index contributed by atoms with van der Waals surface area (Å²) in [6, 6.07) is 5.61. The van der Waals surface area contributed by atoms with Crippen LogP contribution in [0.1, 0.15) is 5.56 Å². The van der Waals surface area contributed by atoms with Crippen LogP contribution in [0.3, 0.4) is 0 Å². The SMILES string of the molecule is Cc1c(N)cccc1OCCN. The van der Waals surface area contributed by atoms with Gasteiger partial charge in [0, 0.05) is 17.8 Å². The van der Waals surface area contributed by atoms with Gasteiger partial charge in [-0.2, -0.15) is 0 Å². The first-order chi connectivity index (χ1) is 5.75. The molecule has 66 valence electrons. The Bertz CT molecular complexity index is 261. The standard InChI is InChI=1S/C9H14N2O/c1-7-8(11)3-2-4-9(7)12-6-5-10/h2-4H,5-6,10-11H2,1H3. The third-order valence-corrected chi connectivity index (χ3v) is 1.70. The van der Waals surface area contributed by atoms with Crippen molar-refractivity contribution < 1.29 is 4.74 Å². The number of ether oxygens (including phenoxy) is 1. The van der Waals surface area contributed by atoms with Crippen LogP contribution in [0.25, 0.3) is 0 Å². The third kappa shape index (κ3) is 1.89. The van der Waals surface area contributed by atoms with Crippen LogP contribution >= 0.6 is 0 Å². The van der Waals surface area contributed by atoms with Crippen LogP contribution in [0.15, 0.2) is 18.2 Å². The number of rotatable bonds is 3. The van der Waals surface area contributed by atoms with E-state index in [0.717, 1.165) is 17.0 Å². The molecule has 0 saturated heterocycles. The quantitative estimate of drug-likeness (QED) is 0.656. The molecule has 1 rings (SSSR count). The highest BCUT2D eigenvalue weighted by atomic mass is 16.5. The second kappa shape index (κ2) is 3.97. The van der Waals surface area contributed by atoms with Gasteiger partial charge in [-0.15, -0.1) is 0 Å². The lowest BCUT2D eigenvalue weighted by Crippen LogP contribution is -2.11. The Morgan fingerprint density at radius 2 is 2.17 bits per heavy atom. The van der Waals surface area contributed by atoms with E-state index in [1.165, 1.54) is 0 Å². The maximum Gasteiger partial charge on any atom is 0.124 e. The van der Waals surface area contributed by atoms with E-state index in [9.17, 15) is 0 Å². The second-order valence-corrected chi connectivity index (χ2v) is 2.61. The Morgan fingerprint density at radius 3 is 2.83 bits per heavy atom. The lowest BCUT2D eigenvalue weighted by Gasteiger charge is -2.08. The summed E-state index contributed by atoms with van der Waals surface area (Å²) in [5.74, 6) is 0.820. The Morgan fingerprint density at radius 1 is 1.42 bits per heavy atom. The zero-order chi connectivity index (χ0) is 8.97. The summed E-state index contributed by atoms with van der Waals surface area (Å²) in [6.07, 6.45) is 0. The van der Waals surface area contributed by atoms with E-state index in [0.29, 0.717) is 13.2 Å². The maximum absolute atomic E-state index is 5.68. The highest BCUT2D eigenvalue weighted by Gasteiger charge is 2.00. The fourth-order valence-corrected chi connectivity index (χ4v) is 0.957. The molecule has 0 radical (unpaired) electrons. The topological polar surface area (TPSA) is 61.3 Å². The first-order valence-corrected chi connectivity index (χ1v) is 3.93. The van der Waals surface area contributed by atoms with Crippen molar-refractivity contribution >= 4 is 5.69 Å². The molecular formula is C9H14N2O. The van der Waals surface area contributed by atoms with Gasteiger partial charge in [0.15, 0.2) is 0 Å². The van der Waals surface area contributed by atoms with Crippen LogP contribution < -0.4 is 16.2 Å². The van der Waals surface area contributed by atoms with Crippen LogP contribution in [0.4, 0.5) is 5.69 Å². The molecule has 0 atom stereocenters. The molecule has 0 bridgehead atoms. The molecule has 3 nitrogen and oxygen atoms in total. The molecule has 0 fully saturated rings. The van der Waals surface area contributed by atoms with Gasteiger partial charge < -0.3 is 16.2 Å². The smallest absolute Gasteiger partial charge is 0.124 e. The number of hydrogen-bond acceptors (Lipinski definition) is 3. The van der Waals surface area contributed by atoms with E-state index < -0.39 is 0 Å². The van der Waals surface area contributed by atoms with Crippen molar-refractivity contribution in [3.63, 3.8) is 0 Å². The second-order valence-electron chi connectivity index (χ2n) is 2.61. The van der Waals surface area contributed by atoms with Gasteiger partial charge in [0.05, 0.1) is 0 Å². The van der Waals surface area contributed by atoms with Crippen molar-refractivity contribution in [2.75, 3.05) is 18.9 Å². The molecule has 0 unspecified atom stereocenters. The van der Waals surface area contributed by atoms with Crippen molar-refractivity contribution in [2.45, 2.75) is 6.92 Å². The van der Waals surface area contributed by atoms with Gasteiger partial charge in [0.25, 0.3) is 0 Å². The molecule has 0 spiro atoms. The highest BCUT2D eigenvalue weighted by molar-refractivity contribution is 5.53. The molecule has 4 N–H and O–H groups in total. The number of nitrogen functional groups attached to an aromatic ring is 1. The molecule has 0 amide bonds. The summed E-state index contributed by atoms with van der Waals surface area (Å²) in [7, 11) is 0. The first-order valence-electron chi connectivity index (χ1n) is 3.93. The predicted octanol–water partition coefficient (Wildman–Crippen LogP) is 0.915. The van der Waals surface area contributed by atoms with Crippen molar-refractivity contribution in [3.05, 3.63) is 23.8 Å². The number of benzene rings is 1. The summed E-state index contributed by atoms with van der Waals surface area (Å²) in [4.78, 5) is 0. The van der Waals surface area contributed by atoms with Crippen LogP contribution in [-0.4, -0.2) is 13.2 Å². The van der Waals surface area contributed by atoms with Gasteiger partial charge in [-0.25, -0.2) is 0 Å². The van der Waals surface area contributed by atoms with Crippen LogP contribution in [0.2, 0.25) is 0 Å². The van der Waals surface area contributed by atoms with E-state index in [1.54, 1.807) is 0 Å². The van der Waals surface area contributed by atoms with E-state index in [-0.39, 0.29) is 0 Å². The van der Waals surface area contributed by atoms with Crippen LogP contribution in [0, 0.1) is 6.92 Å². The van der Waals surface area contributed by atoms with E-state index in [4.69, 9.17) is 16.2 Å². The largest absolute Gasteiger partial charge is 0.492 e. The third-order valence-electron chi connectivity index (χ3n) is 1.70. The molecule has 1 aromatic rings. The summed E-state index contributed by atoms with van der Waals surface area (Å²) < 4.78 is 5.36. The Balaban J connectivity index is 2.78. The van der Waals surface area contributed by atoms with Gasteiger partial charge in [0.1, 0.15) is 12.4 Å². The minimum atomic E-state index is 0.522. The average Bonchev–Trinajstić information content (AvgIpc) is 2.08. The Kier molecular flexibility index (Phi) is 2.94. The molecular weight excluding hydrogens is 152 g/mol. The summed E-state index contributed by atoms with van der Waals surface area (Å²) in [5, 5.41) is 0. The predicted molar refractivity (Wildman–Crippen MR) is 50.1 cm³/mol. The molecule has 3 heteroatoms. The Labute approximate surface area is 72.3 Å². The Hall–Kier alpha value is -1.22. The minimum absolute atomic E-state index is 0.522. The minimum Gasteiger partial charge on any atom is -0.492 e. The summed E-state index contributed by atoms with van der Waals surface area (Å²) >= 11 is 0. The maximum atomic E-state index is 5.68. The zero-order valence-electron chi connectivity index (χ0n) is 7.21. The molecule has 12 heavy (non-hydrogen) atoms. The number of anilines is 1. The van der Waals surface area contributed by atoms with E-state index in [2.05, 4.69) is 0 Å². The van der Waals surface area contributed by atoms with Gasteiger partial charge in [-0.05, 0) is 19.1 Å². The van der Waals surface area contributed by atoms with Gasteiger partial charge in [-0.3, -0.25) is 0 Å². The van der Waals surface area contributed by atoms with Crippen molar-refractivity contribution in [3.8, 4) is 5.75 Å². The van der Waals surface area contributed by atoms with Crippen LogP contribution in [0.5, 0.6) is 5.75 Å². The zero-order valence-corrected chi connectivity index (χ0v) is 7.21. The molecule has 1 aromatic carbocycles. The van der Waals surface area contributed by atoms with Crippen molar-refractivity contribution in [1.29, 1.82) is 0 Å². The molecule has 0 aliphatic heterocycles. The fraction of sp³-hybridized carbons (Fsp3) is 0.333. The highest BCUT2D eigenvalue weighted by Crippen LogP contribution is 2.22. The summed E-state index contributed by atoms with van der Waals surface area (Å²) in [6.45, 7) is 2.99. The van der Waals surface area contributed by atoms with Crippen molar-refractivity contribution in [2.24, 2.45) is 5.73 Å². The summed E-state index contributed by atoms with van der Waals surface area (Å²) in [5.41, 5.74) is 12.7. The normalized spacial score (nSPS) is 9.83. The van der Waals surface area contributed by atoms with E-state index in [1.807, 2.05) is 25.1 Å². The monoisotopic (exact) mass is 166 g/mol. The average molecular weight is 166 g/mol. The number of nitrogens with two attached hydrogens (primary N) is 2. The van der Waals surface area contributed by atoms with Gasteiger partial charge >= 0.3 is 0 Å². The lowest BCUT2D eigenvalue weighted by molar-refractivity contribution is 0.326. The molecule has 0 aromatic heterocycles. The molecule has 0 heterocycles. The van der Waals surface area contributed by atoms with Gasteiger partial charge in [-0.1, -0.05) is 6.07 Å². The van der Waals surface area contributed by atoms with Gasteiger partial charge in [0.2, 0.25) is 0 Å². The van der Waals surface area contributed by atoms with Crippen molar-refractivity contribution in [1.82, 2.24) is 0 Å². The van der Waals surface area contributed by atoms with Crippen LogP contribution in [-0.2, 0) is 0 Å².